The van der Waals surface area contributed by atoms with E-state index in [4.69, 9.17) is 10.5 Å². The molecule has 2 amide bonds. The maximum atomic E-state index is 12.7. The Kier molecular flexibility index (Phi) is 6.68. The van der Waals surface area contributed by atoms with Crippen LogP contribution in [0.2, 0.25) is 0 Å². The van der Waals surface area contributed by atoms with Gasteiger partial charge in [-0.3, -0.25) is 9.59 Å². The largest absolute Gasteiger partial charge is 0.497 e. The number of hydrogen-bond donors (Lipinski definition) is 3. The number of aromatic nitrogens is 3. The zero-order chi connectivity index (χ0) is 23.4. The molecule has 11 heteroatoms. The Morgan fingerprint density at radius 3 is 2.73 bits per heavy atom. The van der Waals surface area contributed by atoms with E-state index in [1.54, 1.807) is 31.4 Å². The molecule has 0 spiro atoms. The van der Waals surface area contributed by atoms with Crippen LogP contribution in [0.15, 0.2) is 36.5 Å². The monoisotopic (exact) mass is 467 g/mol. The van der Waals surface area contributed by atoms with Gasteiger partial charge in [0.15, 0.2) is 11.5 Å². The number of amides is 2. The number of ether oxygens (including phenoxy) is 1. The van der Waals surface area contributed by atoms with E-state index in [0.717, 1.165) is 30.1 Å². The second kappa shape index (κ2) is 9.82. The summed E-state index contributed by atoms with van der Waals surface area (Å²) < 4.78 is 9.37. The molecule has 4 rings (SSSR count). The molecule has 1 aliphatic rings. The van der Waals surface area contributed by atoms with Crippen molar-refractivity contribution >= 4 is 40.0 Å². The van der Waals surface area contributed by atoms with Gasteiger partial charge in [-0.15, -0.1) is 0 Å². The number of carbonyl (C=O) groups is 2. The number of hydrogen-bond acceptors (Lipinski definition) is 9. The molecule has 0 radical (unpaired) electrons. The van der Waals surface area contributed by atoms with Gasteiger partial charge in [0.1, 0.15) is 16.6 Å². The van der Waals surface area contributed by atoms with Gasteiger partial charge in [-0.1, -0.05) is 0 Å². The molecule has 1 aromatic carbocycles. The van der Waals surface area contributed by atoms with Crippen molar-refractivity contribution in [3.05, 3.63) is 53.5 Å². The number of methoxy groups -OCH3 is 1. The Balaban J connectivity index is 1.48. The first kappa shape index (κ1) is 22.5. The number of nitrogens with one attached hydrogen (secondary N) is 2. The molecular formula is C22H25N7O3S. The van der Waals surface area contributed by atoms with E-state index < -0.39 is 5.91 Å². The fourth-order valence-electron chi connectivity index (χ4n) is 3.65. The molecule has 0 bridgehead atoms. The third-order valence-electron chi connectivity index (χ3n) is 5.30. The lowest BCUT2D eigenvalue weighted by atomic mass is 10.0. The molecule has 3 aromatic rings. The summed E-state index contributed by atoms with van der Waals surface area (Å²) in [6, 6.07) is 8.81. The maximum absolute atomic E-state index is 12.7. The highest BCUT2D eigenvalue weighted by atomic mass is 32.1. The number of carbonyl (C=O) groups excluding carboxylic acids is 2. The fourth-order valence-corrected chi connectivity index (χ4v) is 4.31. The third kappa shape index (κ3) is 5.37. The van der Waals surface area contributed by atoms with Crippen LogP contribution in [0.1, 0.15) is 39.4 Å². The van der Waals surface area contributed by atoms with Crippen molar-refractivity contribution in [2.45, 2.75) is 25.8 Å². The van der Waals surface area contributed by atoms with Crippen LogP contribution in [0.4, 0.5) is 16.6 Å². The molecule has 1 fully saturated rings. The topological polar surface area (TPSA) is 135 Å². The zero-order valence-electron chi connectivity index (χ0n) is 18.4. The lowest BCUT2D eigenvalue weighted by molar-refractivity contribution is 0.0932. The molecule has 172 valence electrons. The summed E-state index contributed by atoms with van der Waals surface area (Å²) >= 11 is 1.26. The Morgan fingerprint density at radius 2 is 2.06 bits per heavy atom. The molecule has 2 aromatic heterocycles. The van der Waals surface area contributed by atoms with Gasteiger partial charge in [-0.05, 0) is 61.6 Å². The number of benzene rings is 1. The molecule has 33 heavy (non-hydrogen) atoms. The van der Waals surface area contributed by atoms with E-state index in [1.807, 2.05) is 17.9 Å². The summed E-state index contributed by atoms with van der Waals surface area (Å²) in [4.78, 5) is 35.4. The van der Waals surface area contributed by atoms with Crippen molar-refractivity contribution in [1.82, 2.24) is 19.7 Å². The van der Waals surface area contributed by atoms with Gasteiger partial charge in [0.05, 0.1) is 19.0 Å². The molecule has 1 atom stereocenters. The van der Waals surface area contributed by atoms with E-state index >= 15 is 0 Å². The predicted molar refractivity (Wildman–Crippen MR) is 126 cm³/mol. The molecule has 10 nitrogen and oxygen atoms in total. The summed E-state index contributed by atoms with van der Waals surface area (Å²) in [5.41, 5.74) is 6.98. The molecule has 3 heterocycles. The lowest BCUT2D eigenvalue weighted by Gasteiger charge is -2.34. The van der Waals surface area contributed by atoms with Crippen LogP contribution in [0.5, 0.6) is 5.75 Å². The van der Waals surface area contributed by atoms with Gasteiger partial charge in [0.2, 0.25) is 0 Å². The smallest absolute Gasteiger partial charge is 0.271 e. The van der Waals surface area contributed by atoms with E-state index in [2.05, 4.69) is 25.0 Å². The summed E-state index contributed by atoms with van der Waals surface area (Å²) in [6.07, 6.45) is 3.27. The molecule has 1 unspecified atom stereocenters. The molecule has 0 saturated carbocycles. The van der Waals surface area contributed by atoms with E-state index in [0.29, 0.717) is 23.7 Å². The predicted octanol–water partition coefficient (Wildman–Crippen LogP) is 2.49. The summed E-state index contributed by atoms with van der Waals surface area (Å²) in [6.45, 7) is 3.22. The highest BCUT2D eigenvalue weighted by molar-refractivity contribution is 7.10. The summed E-state index contributed by atoms with van der Waals surface area (Å²) in [7, 11) is 1.59. The van der Waals surface area contributed by atoms with Gasteiger partial charge in [-0.25, -0.2) is 9.97 Å². The molecular weight excluding hydrogens is 442 g/mol. The molecule has 0 aliphatic carbocycles. The van der Waals surface area contributed by atoms with Gasteiger partial charge >= 0.3 is 0 Å². The van der Waals surface area contributed by atoms with E-state index in [1.165, 1.54) is 17.7 Å². The number of nitrogens with zero attached hydrogens (tertiary/aromatic N) is 4. The minimum absolute atomic E-state index is 0.0495. The second-order valence-corrected chi connectivity index (χ2v) is 8.54. The molecule has 1 aliphatic heterocycles. The van der Waals surface area contributed by atoms with Crippen molar-refractivity contribution in [3.63, 3.8) is 0 Å². The van der Waals surface area contributed by atoms with Crippen molar-refractivity contribution in [1.29, 1.82) is 0 Å². The van der Waals surface area contributed by atoms with Gasteiger partial charge < -0.3 is 26.0 Å². The van der Waals surface area contributed by atoms with Gasteiger partial charge in [0.25, 0.3) is 11.8 Å². The SMILES string of the molecule is COc1ccc(C(=O)NC2CCCN(c3cnc(C(N)=O)c(Nc4cc(C)ns4)n3)C2)cc1. The van der Waals surface area contributed by atoms with Gasteiger partial charge in [0, 0.05) is 24.7 Å². The minimum atomic E-state index is -0.666. The van der Waals surface area contributed by atoms with Crippen LogP contribution in [0.25, 0.3) is 0 Å². The van der Waals surface area contributed by atoms with E-state index in [9.17, 15) is 9.59 Å². The summed E-state index contributed by atoms with van der Waals surface area (Å²) in [5, 5.41) is 6.94. The summed E-state index contributed by atoms with van der Waals surface area (Å²) in [5.74, 6) is 0.787. The second-order valence-electron chi connectivity index (χ2n) is 7.73. The number of rotatable bonds is 7. The number of primary amides is 1. The Hall–Kier alpha value is -3.73. The van der Waals surface area contributed by atoms with Crippen molar-refractivity contribution < 1.29 is 14.3 Å². The quantitative estimate of drug-likeness (QED) is 0.482. The van der Waals surface area contributed by atoms with Crippen LogP contribution in [0.3, 0.4) is 0 Å². The average molecular weight is 468 g/mol. The zero-order valence-corrected chi connectivity index (χ0v) is 19.2. The first-order valence-corrected chi connectivity index (χ1v) is 11.3. The van der Waals surface area contributed by atoms with Crippen molar-refractivity contribution in [3.8, 4) is 5.75 Å². The maximum Gasteiger partial charge on any atom is 0.271 e. The number of piperidine rings is 1. The number of anilines is 3. The van der Waals surface area contributed by atoms with Crippen molar-refractivity contribution in [2.24, 2.45) is 5.73 Å². The first-order chi connectivity index (χ1) is 15.9. The van der Waals surface area contributed by atoms with Gasteiger partial charge in [-0.2, -0.15) is 4.37 Å². The molecule has 1 saturated heterocycles. The normalized spacial score (nSPS) is 15.7. The lowest BCUT2D eigenvalue weighted by Crippen LogP contribution is -2.48. The van der Waals surface area contributed by atoms with Crippen LogP contribution >= 0.6 is 11.5 Å². The fraction of sp³-hybridized carbons (Fsp3) is 0.318. The average Bonchev–Trinajstić information content (AvgIpc) is 3.23. The Labute approximate surface area is 195 Å². The number of nitrogens with two attached hydrogens (primary N) is 1. The van der Waals surface area contributed by atoms with Crippen LogP contribution in [-0.4, -0.2) is 52.4 Å². The minimum Gasteiger partial charge on any atom is -0.497 e. The Morgan fingerprint density at radius 1 is 1.27 bits per heavy atom. The van der Waals surface area contributed by atoms with Crippen LogP contribution in [0, 0.1) is 6.92 Å². The Bertz CT molecular complexity index is 1150. The van der Waals surface area contributed by atoms with Crippen LogP contribution in [-0.2, 0) is 0 Å². The molecule has 4 N–H and O–H groups in total. The first-order valence-electron chi connectivity index (χ1n) is 10.5. The highest BCUT2D eigenvalue weighted by Crippen LogP contribution is 2.25. The third-order valence-corrected chi connectivity index (χ3v) is 6.09. The van der Waals surface area contributed by atoms with Crippen molar-refractivity contribution in [2.75, 3.05) is 30.4 Å². The van der Waals surface area contributed by atoms with Crippen LogP contribution < -0.4 is 26.0 Å². The highest BCUT2D eigenvalue weighted by Gasteiger charge is 2.24. The van der Waals surface area contributed by atoms with E-state index in [-0.39, 0.29) is 23.5 Å². The number of aryl methyl sites for hydroxylation is 1. The standard InChI is InChI=1S/C22H25N7O3S/c1-13-10-18(33-28-13)27-21-19(20(23)30)24-11-17(26-21)29-9-3-4-15(12-29)25-22(31)14-5-7-16(32-2)8-6-14/h5-8,10-11,15H,3-4,9,12H2,1-2H3,(H2,23,30)(H,25,31)(H,26,27).